The average molecular weight is 243 g/mol. The Morgan fingerprint density at radius 2 is 1.87 bits per heavy atom. The van der Waals surface area contributed by atoms with Crippen LogP contribution in [0.25, 0.3) is 0 Å². The average Bonchev–Trinajstić information content (AvgIpc) is 2.17. The molecule has 1 nitrogen and oxygen atoms in total. The van der Waals surface area contributed by atoms with E-state index in [-0.39, 0.29) is 6.10 Å². The maximum atomic E-state index is 6.04. The fourth-order valence-corrected chi connectivity index (χ4v) is 3.39. The van der Waals surface area contributed by atoms with E-state index in [1.165, 1.54) is 5.19 Å². The van der Waals surface area contributed by atoms with Crippen LogP contribution in [0.1, 0.15) is 13.8 Å². The van der Waals surface area contributed by atoms with Gasteiger partial charge in [-0.25, -0.2) is 0 Å². The minimum absolute atomic E-state index is 0.214. The van der Waals surface area contributed by atoms with Gasteiger partial charge in [0.15, 0.2) is 0 Å². The Balaban J connectivity index is 3.06. The molecule has 0 aliphatic carbocycles. The first-order valence-corrected chi connectivity index (χ1v) is 9.03. The summed E-state index contributed by atoms with van der Waals surface area (Å²) < 4.78 is 5.81. The zero-order valence-corrected chi connectivity index (χ0v) is 11.6. The van der Waals surface area contributed by atoms with Gasteiger partial charge < -0.3 is 4.74 Å². The highest BCUT2D eigenvalue weighted by molar-refractivity contribution is 6.94. The third-order valence-corrected chi connectivity index (χ3v) is 6.86. The first kappa shape index (κ1) is 12.6. The van der Waals surface area contributed by atoms with Crippen molar-refractivity contribution in [2.75, 3.05) is 5.50 Å². The van der Waals surface area contributed by atoms with Gasteiger partial charge in [0.05, 0.1) is 6.10 Å². The lowest BCUT2D eigenvalue weighted by molar-refractivity contribution is 0.244. The summed E-state index contributed by atoms with van der Waals surface area (Å²) in [5.74, 6) is 1.00. The molecule has 0 aliphatic rings. The van der Waals surface area contributed by atoms with E-state index in [9.17, 15) is 0 Å². The van der Waals surface area contributed by atoms with E-state index in [1.807, 2.05) is 26.0 Å². The number of hydrogen-bond donors (Lipinski definition) is 0. The summed E-state index contributed by atoms with van der Waals surface area (Å²) in [6, 6.07) is 8.26. The third kappa shape index (κ3) is 3.25. The minimum atomic E-state index is -1.52. The molecule has 0 fully saturated rings. The predicted octanol–water partition coefficient (Wildman–Crippen LogP) is 3.17. The molecule has 1 aromatic rings. The van der Waals surface area contributed by atoms with Crippen molar-refractivity contribution in [2.24, 2.45) is 0 Å². The standard InChI is InChI=1S/C12H19ClOSi/c1-10(2)14-11-7-5-6-8-12(11)15(3,4)9-13/h5-8,10H,9H2,1-4H3. The van der Waals surface area contributed by atoms with Gasteiger partial charge in [0, 0.05) is 5.50 Å². The SMILES string of the molecule is CC(C)Oc1ccccc1[Si](C)(C)CCl. The van der Waals surface area contributed by atoms with Crippen molar-refractivity contribution in [3.05, 3.63) is 24.3 Å². The van der Waals surface area contributed by atoms with Crippen molar-refractivity contribution >= 4 is 24.9 Å². The number of para-hydroxylation sites is 1. The lowest BCUT2D eigenvalue weighted by Crippen LogP contribution is -2.44. The van der Waals surface area contributed by atoms with Gasteiger partial charge >= 0.3 is 0 Å². The molecule has 0 N–H and O–H groups in total. The van der Waals surface area contributed by atoms with Gasteiger partial charge in [-0.15, -0.1) is 11.6 Å². The molecule has 15 heavy (non-hydrogen) atoms. The number of benzene rings is 1. The van der Waals surface area contributed by atoms with Crippen molar-refractivity contribution in [3.8, 4) is 5.75 Å². The van der Waals surface area contributed by atoms with E-state index in [4.69, 9.17) is 16.3 Å². The molecule has 0 atom stereocenters. The lowest BCUT2D eigenvalue weighted by atomic mass is 10.3. The Bertz CT molecular complexity index is 323. The van der Waals surface area contributed by atoms with E-state index in [1.54, 1.807) is 0 Å². The van der Waals surface area contributed by atoms with Gasteiger partial charge in [0.2, 0.25) is 0 Å². The number of ether oxygens (including phenoxy) is 1. The van der Waals surface area contributed by atoms with E-state index in [0.717, 1.165) is 11.3 Å². The van der Waals surface area contributed by atoms with Crippen LogP contribution in [0.5, 0.6) is 5.75 Å². The van der Waals surface area contributed by atoms with Gasteiger partial charge in [-0.05, 0) is 25.1 Å². The van der Waals surface area contributed by atoms with Crippen molar-refractivity contribution < 1.29 is 4.74 Å². The van der Waals surface area contributed by atoms with E-state index in [0.29, 0.717) is 0 Å². The van der Waals surface area contributed by atoms with E-state index >= 15 is 0 Å². The molecule has 0 radical (unpaired) electrons. The molecule has 0 unspecified atom stereocenters. The molecule has 0 amide bonds. The normalized spacial score (nSPS) is 11.9. The zero-order valence-electron chi connectivity index (χ0n) is 9.88. The van der Waals surface area contributed by atoms with Crippen LogP contribution >= 0.6 is 11.6 Å². The Hall–Kier alpha value is -0.473. The Kier molecular flexibility index (Phi) is 4.23. The number of rotatable bonds is 4. The first-order chi connectivity index (χ1) is 6.97. The molecule has 1 rings (SSSR count). The molecule has 0 aromatic heterocycles. The minimum Gasteiger partial charge on any atom is -0.491 e. The van der Waals surface area contributed by atoms with Crippen molar-refractivity contribution in [3.63, 3.8) is 0 Å². The van der Waals surface area contributed by atoms with Crippen LogP contribution < -0.4 is 9.92 Å². The Labute approximate surface area is 98.4 Å². The maximum Gasteiger partial charge on any atom is 0.118 e. The molecular weight excluding hydrogens is 224 g/mol. The molecule has 84 valence electrons. The molecule has 0 saturated heterocycles. The smallest absolute Gasteiger partial charge is 0.118 e. The molecule has 0 bridgehead atoms. The van der Waals surface area contributed by atoms with Crippen molar-refractivity contribution in [1.29, 1.82) is 0 Å². The first-order valence-electron chi connectivity index (χ1n) is 5.29. The summed E-state index contributed by atoms with van der Waals surface area (Å²) in [4.78, 5) is 0. The van der Waals surface area contributed by atoms with Crippen LogP contribution in [-0.2, 0) is 0 Å². The maximum absolute atomic E-state index is 6.04. The van der Waals surface area contributed by atoms with Crippen LogP contribution in [0, 0.1) is 0 Å². The van der Waals surface area contributed by atoms with Crippen LogP contribution in [0.4, 0.5) is 0 Å². The summed E-state index contributed by atoms with van der Waals surface area (Å²) in [5.41, 5.74) is 0.728. The number of halogens is 1. The topological polar surface area (TPSA) is 9.23 Å². The van der Waals surface area contributed by atoms with Crippen molar-refractivity contribution in [1.82, 2.24) is 0 Å². The van der Waals surface area contributed by atoms with Crippen LogP contribution in [0.3, 0.4) is 0 Å². The largest absolute Gasteiger partial charge is 0.491 e. The van der Waals surface area contributed by atoms with Gasteiger partial charge in [0.25, 0.3) is 0 Å². The summed E-state index contributed by atoms with van der Waals surface area (Å²) in [6.07, 6.45) is 0.214. The van der Waals surface area contributed by atoms with Crippen LogP contribution in [-0.4, -0.2) is 19.7 Å². The summed E-state index contributed by atoms with van der Waals surface area (Å²) in [5, 5.41) is 1.31. The van der Waals surface area contributed by atoms with Gasteiger partial charge in [-0.2, -0.15) is 0 Å². The molecule has 1 aromatic carbocycles. The fraction of sp³-hybridized carbons (Fsp3) is 0.500. The van der Waals surface area contributed by atoms with Crippen LogP contribution in [0.2, 0.25) is 13.1 Å². The summed E-state index contributed by atoms with van der Waals surface area (Å²) in [6.45, 7) is 8.63. The Morgan fingerprint density at radius 3 is 2.40 bits per heavy atom. The summed E-state index contributed by atoms with van der Waals surface area (Å²) in [7, 11) is -1.52. The van der Waals surface area contributed by atoms with Gasteiger partial charge in [-0.3, -0.25) is 0 Å². The van der Waals surface area contributed by atoms with Gasteiger partial charge in [0.1, 0.15) is 13.8 Å². The second-order valence-electron chi connectivity index (χ2n) is 4.68. The van der Waals surface area contributed by atoms with Crippen LogP contribution in [0.15, 0.2) is 24.3 Å². The van der Waals surface area contributed by atoms with E-state index < -0.39 is 8.07 Å². The molecule has 3 heteroatoms. The molecule has 0 spiro atoms. The van der Waals surface area contributed by atoms with E-state index in [2.05, 4.69) is 25.2 Å². The highest BCUT2D eigenvalue weighted by Gasteiger charge is 2.25. The lowest BCUT2D eigenvalue weighted by Gasteiger charge is -2.24. The van der Waals surface area contributed by atoms with Crippen molar-refractivity contribution in [2.45, 2.75) is 33.0 Å². The predicted molar refractivity (Wildman–Crippen MR) is 70.0 cm³/mol. The highest BCUT2D eigenvalue weighted by Crippen LogP contribution is 2.16. The number of alkyl halides is 1. The van der Waals surface area contributed by atoms with Gasteiger partial charge in [-0.1, -0.05) is 31.3 Å². The third-order valence-electron chi connectivity index (χ3n) is 2.31. The molecule has 0 aliphatic heterocycles. The number of hydrogen-bond acceptors (Lipinski definition) is 1. The monoisotopic (exact) mass is 242 g/mol. The Morgan fingerprint density at radius 1 is 1.27 bits per heavy atom. The fourth-order valence-electron chi connectivity index (χ4n) is 1.45. The second kappa shape index (κ2) is 5.04. The molecule has 0 saturated carbocycles. The molecular formula is C12H19ClOSi. The quantitative estimate of drug-likeness (QED) is 0.582. The summed E-state index contributed by atoms with van der Waals surface area (Å²) >= 11 is 6.04. The highest BCUT2D eigenvalue weighted by atomic mass is 35.5. The second-order valence-corrected chi connectivity index (χ2v) is 10.1. The zero-order chi connectivity index (χ0) is 11.5. The molecule has 0 heterocycles.